The number of nitrogens with two attached hydrogens (primary N) is 1. The lowest BCUT2D eigenvalue weighted by Crippen LogP contribution is -2.76. The minimum absolute atomic E-state index is 0. The number of anilines is 1. The average molecular weight is 404 g/mol. The van der Waals surface area contributed by atoms with Crippen molar-refractivity contribution >= 4 is 41.5 Å². The maximum atomic E-state index is 12.5. The van der Waals surface area contributed by atoms with Gasteiger partial charge in [-0.2, -0.15) is 0 Å². The Morgan fingerprint density at radius 3 is 2.58 bits per heavy atom. The number of aryl methyl sites for hydroxylation is 1. The van der Waals surface area contributed by atoms with Crippen molar-refractivity contribution < 1.29 is 14.3 Å². The van der Waals surface area contributed by atoms with Crippen molar-refractivity contribution in [2.45, 2.75) is 45.8 Å². The zero-order chi connectivity index (χ0) is 18.8. The van der Waals surface area contributed by atoms with Gasteiger partial charge in [-0.25, -0.2) is 0 Å². The number of carbonyl (C=O) groups is 2. The third kappa shape index (κ3) is 4.31. The molecule has 1 aromatic carbocycles. The number of carbonyl (C=O) groups excluding carboxylic acids is 2. The lowest BCUT2D eigenvalue weighted by Gasteiger charge is -2.57. The van der Waals surface area contributed by atoms with Crippen molar-refractivity contribution in [3.63, 3.8) is 0 Å². The Labute approximate surface area is 165 Å². The van der Waals surface area contributed by atoms with E-state index in [1.165, 1.54) is 0 Å². The van der Waals surface area contributed by atoms with E-state index in [9.17, 15) is 9.59 Å². The fourth-order valence-corrected chi connectivity index (χ4v) is 3.34. The highest BCUT2D eigenvalue weighted by molar-refractivity contribution is 6.33. The maximum absolute atomic E-state index is 12.5. The Morgan fingerprint density at radius 2 is 2.04 bits per heavy atom. The van der Waals surface area contributed by atoms with Crippen molar-refractivity contribution in [3.8, 4) is 0 Å². The van der Waals surface area contributed by atoms with Crippen LogP contribution >= 0.6 is 24.0 Å². The number of nitrogens with one attached hydrogen (secondary N) is 2. The molecule has 0 spiro atoms. The third-order valence-corrected chi connectivity index (χ3v) is 5.36. The van der Waals surface area contributed by atoms with E-state index < -0.39 is 11.0 Å². The van der Waals surface area contributed by atoms with Crippen LogP contribution in [0.3, 0.4) is 0 Å². The molecule has 1 saturated carbocycles. The van der Waals surface area contributed by atoms with Crippen LogP contribution in [0.4, 0.5) is 5.69 Å². The number of halogens is 2. The molecule has 1 aromatic rings. The predicted molar refractivity (Wildman–Crippen MR) is 106 cm³/mol. The molecule has 1 fully saturated rings. The molecule has 6 nitrogen and oxygen atoms in total. The number of hydrogen-bond acceptors (Lipinski definition) is 4. The second-order valence-electron chi connectivity index (χ2n) is 7.06. The topological polar surface area (TPSA) is 93.4 Å². The largest absolute Gasteiger partial charge is 0.378 e. The highest BCUT2D eigenvalue weighted by Crippen LogP contribution is 2.49. The second kappa shape index (κ2) is 8.57. The van der Waals surface area contributed by atoms with Crippen LogP contribution in [0.1, 0.15) is 32.8 Å². The summed E-state index contributed by atoms with van der Waals surface area (Å²) >= 11 is 6.09. The number of benzene rings is 1. The normalized spacial score (nSPS) is 23.4. The van der Waals surface area contributed by atoms with E-state index in [0.717, 1.165) is 5.56 Å². The first kappa shape index (κ1) is 22.7. The van der Waals surface area contributed by atoms with Gasteiger partial charge in [-0.15, -0.1) is 12.4 Å². The van der Waals surface area contributed by atoms with Crippen molar-refractivity contribution in [3.05, 3.63) is 28.8 Å². The van der Waals surface area contributed by atoms with Gasteiger partial charge in [0.1, 0.15) is 5.54 Å². The lowest BCUT2D eigenvalue weighted by molar-refractivity contribution is -0.170. The van der Waals surface area contributed by atoms with Gasteiger partial charge in [0.15, 0.2) is 0 Å². The quantitative estimate of drug-likeness (QED) is 0.680. The fraction of sp³-hybridized carbons (Fsp3) is 0.556. The maximum Gasteiger partial charge on any atom is 0.243 e. The highest BCUT2D eigenvalue weighted by Gasteiger charge is 2.62. The molecular weight excluding hydrogens is 377 g/mol. The first-order chi connectivity index (χ1) is 11.6. The van der Waals surface area contributed by atoms with Gasteiger partial charge in [0.25, 0.3) is 0 Å². The van der Waals surface area contributed by atoms with Crippen LogP contribution < -0.4 is 16.4 Å². The minimum atomic E-state index is -1.05. The third-order valence-electron chi connectivity index (χ3n) is 5.04. The summed E-state index contributed by atoms with van der Waals surface area (Å²) in [5.41, 5.74) is 6.24. The fourth-order valence-electron chi connectivity index (χ4n) is 3.05. The summed E-state index contributed by atoms with van der Waals surface area (Å²) < 4.78 is 5.61. The molecule has 0 aliphatic heterocycles. The predicted octanol–water partition coefficient (Wildman–Crippen LogP) is 2.66. The Bertz CT molecular complexity index is 682. The first-order valence-corrected chi connectivity index (χ1v) is 8.74. The molecule has 0 heterocycles. The Hall–Kier alpha value is -1.34. The Balaban J connectivity index is 0.00000338. The van der Waals surface area contributed by atoms with Gasteiger partial charge in [-0.05, 0) is 31.5 Å². The highest BCUT2D eigenvalue weighted by atomic mass is 35.5. The summed E-state index contributed by atoms with van der Waals surface area (Å²) in [6.07, 6.45) is 0.374. The van der Waals surface area contributed by atoms with Gasteiger partial charge in [-0.3, -0.25) is 9.59 Å². The summed E-state index contributed by atoms with van der Waals surface area (Å²) in [6.45, 7) is 8.04. The number of amides is 2. The van der Waals surface area contributed by atoms with E-state index in [4.69, 9.17) is 22.1 Å². The van der Waals surface area contributed by atoms with E-state index in [0.29, 0.717) is 23.7 Å². The molecule has 26 heavy (non-hydrogen) atoms. The molecule has 2 atom stereocenters. The molecule has 146 valence electrons. The number of ether oxygens (including phenoxy) is 1. The lowest BCUT2D eigenvalue weighted by atomic mass is 9.54. The summed E-state index contributed by atoms with van der Waals surface area (Å²) in [6, 6.07) is 5.33. The molecule has 2 unspecified atom stereocenters. The first-order valence-electron chi connectivity index (χ1n) is 8.36. The monoisotopic (exact) mass is 403 g/mol. The molecule has 2 amide bonds. The zero-order valence-corrected chi connectivity index (χ0v) is 17.1. The summed E-state index contributed by atoms with van der Waals surface area (Å²) in [5.74, 6) is -0.709. The van der Waals surface area contributed by atoms with E-state index in [1.807, 2.05) is 33.8 Å². The van der Waals surface area contributed by atoms with E-state index in [-0.39, 0.29) is 36.9 Å². The van der Waals surface area contributed by atoms with Crippen LogP contribution in [0, 0.1) is 12.3 Å². The van der Waals surface area contributed by atoms with Crippen LogP contribution in [0.25, 0.3) is 0 Å². The molecule has 8 heteroatoms. The summed E-state index contributed by atoms with van der Waals surface area (Å²) in [4.78, 5) is 24.5. The van der Waals surface area contributed by atoms with Crippen molar-refractivity contribution in [1.29, 1.82) is 0 Å². The standard InChI is InChI=1S/C18H26ClN3O3.ClH/c1-5-25-14-9-18(20,17(14,3)4)16(24)21-10-15(23)22-13-7-6-11(2)8-12(13)19;/h6-8,14H,5,9-10,20H2,1-4H3,(H,21,24)(H,22,23);1H. The molecule has 2 rings (SSSR count). The van der Waals surface area contributed by atoms with E-state index in [2.05, 4.69) is 10.6 Å². The molecule has 0 saturated heterocycles. The van der Waals surface area contributed by atoms with Gasteiger partial charge in [-0.1, -0.05) is 31.5 Å². The molecule has 1 aliphatic carbocycles. The number of rotatable bonds is 6. The molecule has 0 bridgehead atoms. The number of hydrogen-bond donors (Lipinski definition) is 3. The summed E-state index contributed by atoms with van der Waals surface area (Å²) in [7, 11) is 0. The molecule has 0 radical (unpaired) electrons. The molecule has 0 aromatic heterocycles. The zero-order valence-electron chi connectivity index (χ0n) is 15.5. The van der Waals surface area contributed by atoms with Crippen LogP contribution in [-0.2, 0) is 14.3 Å². The summed E-state index contributed by atoms with van der Waals surface area (Å²) in [5, 5.41) is 5.75. The molecule has 4 N–H and O–H groups in total. The van der Waals surface area contributed by atoms with E-state index in [1.54, 1.807) is 12.1 Å². The smallest absolute Gasteiger partial charge is 0.243 e. The van der Waals surface area contributed by atoms with Gasteiger partial charge < -0.3 is 21.1 Å². The van der Waals surface area contributed by atoms with E-state index >= 15 is 0 Å². The SMILES string of the molecule is CCOC1CC(N)(C(=O)NCC(=O)Nc2ccc(C)cc2Cl)C1(C)C.Cl. The van der Waals surface area contributed by atoms with Gasteiger partial charge in [0.05, 0.1) is 23.4 Å². The van der Waals surface area contributed by atoms with Crippen LogP contribution in [0.5, 0.6) is 0 Å². The van der Waals surface area contributed by atoms with Gasteiger partial charge in [0.2, 0.25) is 11.8 Å². The van der Waals surface area contributed by atoms with Gasteiger partial charge in [0, 0.05) is 18.4 Å². The Morgan fingerprint density at radius 1 is 1.38 bits per heavy atom. The minimum Gasteiger partial charge on any atom is -0.378 e. The second-order valence-corrected chi connectivity index (χ2v) is 7.46. The van der Waals surface area contributed by atoms with Crippen LogP contribution in [0.15, 0.2) is 18.2 Å². The van der Waals surface area contributed by atoms with Gasteiger partial charge >= 0.3 is 0 Å². The van der Waals surface area contributed by atoms with Crippen molar-refractivity contribution in [2.24, 2.45) is 11.1 Å². The Kier molecular flexibility index (Phi) is 7.48. The molecule has 1 aliphatic rings. The molecular formula is C18H27Cl2N3O3. The van der Waals surface area contributed by atoms with Crippen molar-refractivity contribution in [1.82, 2.24) is 5.32 Å². The van der Waals surface area contributed by atoms with Crippen LogP contribution in [-0.4, -0.2) is 36.6 Å². The average Bonchev–Trinajstić information content (AvgIpc) is 2.54. The van der Waals surface area contributed by atoms with Crippen LogP contribution in [0.2, 0.25) is 5.02 Å². The van der Waals surface area contributed by atoms with Crippen molar-refractivity contribution in [2.75, 3.05) is 18.5 Å².